The molecule has 0 bridgehead atoms. The van der Waals surface area contributed by atoms with E-state index in [9.17, 15) is 4.79 Å². The Bertz CT molecular complexity index is 897. The molecular formula is C23H22N2O3. The third-order valence-electron chi connectivity index (χ3n) is 3.89. The van der Waals surface area contributed by atoms with E-state index in [0.29, 0.717) is 11.4 Å². The van der Waals surface area contributed by atoms with Crippen LogP contribution in [0.15, 0.2) is 96.1 Å². The number of amides is 1. The van der Waals surface area contributed by atoms with Crippen LogP contribution < -0.4 is 9.75 Å². The van der Waals surface area contributed by atoms with E-state index < -0.39 is 6.09 Å². The molecule has 0 N–H and O–H groups in total. The van der Waals surface area contributed by atoms with E-state index in [1.807, 2.05) is 78.9 Å². The van der Waals surface area contributed by atoms with Crippen molar-refractivity contribution in [3.63, 3.8) is 0 Å². The number of rotatable bonds is 7. The molecule has 0 unspecified atom stereocenters. The molecular weight excluding hydrogens is 352 g/mol. The summed E-state index contributed by atoms with van der Waals surface area (Å²) in [5.74, 6) is 0.730. The van der Waals surface area contributed by atoms with Crippen molar-refractivity contribution in [2.75, 3.05) is 18.2 Å². The molecule has 3 rings (SSSR count). The Balaban J connectivity index is 1.95. The summed E-state index contributed by atoms with van der Waals surface area (Å²) >= 11 is 0. The molecule has 0 heterocycles. The molecule has 5 nitrogen and oxygen atoms in total. The van der Waals surface area contributed by atoms with Gasteiger partial charge in [-0.25, -0.2) is 4.79 Å². The van der Waals surface area contributed by atoms with Crippen molar-refractivity contribution >= 4 is 17.5 Å². The van der Waals surface area contributed by atoms with Crippen LogP contribution >= 0.6 is 0 Å². The van der Waals surface area contributed by atoms with Gasteiger partial charge in [0.1, 0.15) is 18.1 Å². The highest BCUT2D eigenvalue weighted by Gasteiger charge is 2.18. The molecule has 0 spiro atoms. The molecule has 0 radical (unpaired) electrons. The van der Waals surface area contributed by atoms with Crippen LogP contribution in [-0.4, -0.2) is 25.0 Å². The van der Waals surface area contributed by atoms with E-state index in [-0.39, 0.29) is 13.2 Å². The lowest BCUT2D eigenvalue weighted by atomic mass is 10.1. The molecule has 0 saturated heterocycles. The minimum absolute atomic E-state index is 0.205. The van der Waals surface area contributed by atoms with Gasteiger partial charge < -0.3 is 9.47 Å². The van der Waals surface area contributed by atoms with Crippen LogP contribution in [0.2, 0.25) is 0 Å². The van der Waals surface area contributed by atoms with Crippen LogP contribution in [0.3, 0.4) is 0 Å². The minimum Gasteiger partial charge on any atom is -0.487 e. The van der Waals surface area contributed by atoms with Gasteiger partial charge in [0.15, 0.2) is 0 Å². The van der Waals surface area contributed by atoms with Gasteiger partial charge in [-0.05, 0) is 31.2 Å². The van der Waals surface area contributed by atoms with Crippen LogP contribution in [0.5, 0.6) is 5.75 Å². The van der Waals surface area contributed by atoms with Crippen molar-refractivity contribution in [3.8, 4) is 5.75 Å². The van der Waals surface area contributed by atoms with Crippen LogP contribution in [0, 0.1) is 0 Å². The van der Waals surface area contributed by atoms with Gasteiger partial charge in [-0.1, -0.05) is 66.7 Å². The summed E-state index contributed by atoms with van der Waals surface area (Å²) in [6, 6.07) is 28.3. The number of hydrogen-bond acceptors (Lipinski definition) is 4. The average Bonchev–Trinajstić information content (AvgIpc) is 2.76. The number of anilines is 1. The van der Waals surface area contributed by atoms with E-state index in [1.165, 1.54) is 5.01 Å². The molecule has 0 aliphatic heterocycles. The Kier molecular flexibility index (Phi) is 6.79. The molecule has 1 amide bonds. The number of carbonyl (C=O) groups excluding carboxylic acids is 1. The molecule has 0 aliphatic carbocycles. The van der Waals surface area contributed by atoms with Crippen molar-refractivity contribution in [3.05, 3.63) is 96.6 Å². The normalized spacial score (nSPS) is 11.0. The summed E-state index contributed by atoms with van der Waals surface area (Å²) in [5.41, 5.74) is 2.10. The Morgan fingerprint density at radius 1 is 0.857 bits per heavy atom. The smallest absolute Gasteiger partial charge is 0.435 e. The maximum absolute atomic E-state index is 12.5. The largest absolute Gasteiger partial charge is 0.487 e. The van der Waals surface area contributed by atoms with Crippen LogP contribution in [0.4, 0.5) is 10.5 Å². The number of nitrogens with zero attached hydrogens (tertiary/aromatic N) is 2. The third-order valence-corrected chi connectivity index (χ3v) is 3.89. The molecule has 5 heteroatoms. The quantitative estimate of drug-likeness (QED) is 0.425. The van der Waals surface area contributed by atoms with Crippen LogP contribution in [0.1, 0.15) is 12.5 Å². The summed E-state index contributed by atoms with van der Waals surface area (Å²) in [6.07, 6.45) is -0.540. The fraction of sp³-hybridized carbons (Fsp3) is 0.130. The second kappa shape index (κ2) is 9.92. The topological polar surface area (TPSA) is 51.1 Å². The van der Waals surface area contributed by atoms with Crippen molar-refractivity contribution in [2.45, 2.75) is 6.92 Å². The molecule has 0 aromatic heterocycles. The van der Waals surface area contributed by atoms with Gasteiger partial charge in [-0.3, -0.25) is 0 Å². The lowest BCUT2D eigenvalue weighted by Gasteiger charge is -2.19. The first kappa shape index (κ1) is 19.2. The molecule has 3 aromatic rings. The molecule has 0 atom stereocenters. The minimum atomic E-state index is -0.540. The lowest BCUT2D eigenvalue weighted by molar-refractivity contribution is 0.160. The van der Waals surface area contributed by atoms with E-state index in [2.05, 4.69) is 5.10 Å². The first-order chi connectivity index (χ1) is 13.8. The van der Waals surface area contributed by atoms with Gasteiger partial charge in [0, 0.05) is 5.56 Å². The first-order valence-electron chi connectivity index (χ1n) is 9.10. The second-order valence-corrected chi connectivity index (χ2v) is 5.86. The van der Waals surface area contributed by atoms with E-state index >= 15 is 0 Å². The fourth-order valence-corrected chi connectivity index (χ4v) is 2.55. The maximum Gasteiger partial charge on any atom is 0.435 e. The van der Waals surface area contributed by atoms with E-state index in [4.69, 9.17) is 9.47 Å². The Hall–Kier alpha value is -3.60. The zero-order valence-electron chi connectivity index (χ0n) is 15.7. The third kappa shape index (κ3) is 5.20. The van der Waals surface area contributed by atoms with Crippen molar-refractivity contribution in [1.82, 2.24) is 0 Å². The summed E-state index contributed by atoms with van der Waals surface area (Å²) < 4.78 is 11.1. The zero-order valence-corrected chi connectivity index (χ0v) is 15.7. The van der Waals surface area contributed by atoms with Gasteiger partial charge in [-0.15, -0.1) is 0 Å². The standard InChI is InChI=1S/C23H22N2O3/c1-2-27-23(26)25(20-14-8-4-9-15-20)24-22(19-12-6-3-7-13-19)18-28-21-16-10-5-11-17-21/h3-17H,2,18H2,1H3/b24-22+. The predicted octanol–water partition coefficient (Wildman–Crippen LogP) is 5.13. The fourth-order valence-electron chi connectivity index (χ4n) is 2.55. The number of para-hydroxylation sites is 2. The number of hydrazone groups is 1. The SMILES string of the molecule is CCOC(=O)N(/N=C(\COc1ccccc1)c1ccccc1)c1ccccc1. The van der Waals surface area contributed by atoms with Gasteiger partial charge in [0.2, 0.25) is 0 Å². The summed E-state index contributed by atoms with van der Waals surface area (Å²) in [5, 5.41) is 5.86. The number of benzene rings is 3. The number of ether oxygens (including phenoxy) is 2. The van der Waals surface area contributed by atoms with Gasteiger partial charge in [0.05, 0.1) is 12.3 Å². The van der Waals surface area contributed by atoms with E-state index in [0.717, 1.165) is 11.3 Å². The molecule has 0 fully saturated rings. The summed E-state index contributed by atoms with van der Waals surface area (Å²) in [6.45, 7) is 2.23. The Morgan fingerprint density at radius 2 is 1.43 bits per heavy atom. The first-order valence-corrected chi connectivity index (χ1v) is 9.10. The second-order valence-electron chi connectivity index (χ2n) is 5.86. The van der Waals surface area contributed by atoms with Crippen molar-refractivity contribution in [1.29, 1.82) is 0 Å². The van der Waals surface area contributed by atoms with Crippen LogP contribution in [0.25, 0.3) is 0 Å². The number of hydrogen-bond donors (Lipinski definition) is 0. The highest BCUT2D eigenvalue weighted by atomic mass is 16.6. The van der Waals surface area contributed by atoms with Gasteiger partial charge in [0.25, 0.3) is 0 Å². The summed E-state index contributed by atoms with van der Waals surface area (Å²) in [7, 11) is 0. The van der Waals surface area contributed by atoms with Crippen molar-refractivity contribution in [2.24, 2.45) is 5.10 Å². The highest BCUT2D eigenvalue weighted by Crippen LogP contribution is 2.17. The Labute approximate surface area is 164 Å². The lowest BCUT2D eigenvalue weighted by Crippen LogP contribution is -2.29. The number of carbonyl (C=O) groups is 1. The zero-order chi connectivity index (χ0) is 19.6. The molecule has 3 aromatic carbocycles. The van der Waals surface area contributed by atoms with Gasteiger partial charge in [-0.2, -0.15) is 10.1 Å². The van der Waals surface area contributed by atoms with Gasteiger partial charge >= 0.3 is 6.09 Å². The van der Waals surface area contributed by atoms with Crippen LogP contribution in [-0.2, 0) is 4.74 Å². The molecule has 28 heavy (non-hydrogen) atoms. The molecule has 0 aliphatic rings. The molecule has 142 valence electrons. The summed E-state index contributed by atoms with van der Waals surface area (Å²) in [4.78, 5) is 12.5. The molecule has 0 saturated carbocycles. The monoisotopic (exact) mass is 374 g/mol. The highest BCUT2D eigenvalue weighted by molar-refractivity contribution is 6.04. The van der Waals surface area contributed by atoms with Crippen molar-refractivity contribution < 1.29 is 14.3 Å². The Morgan fingerprint density at radius 3 is 2.04 bits per heavy atom. The van der Waals surface area contributed by atoms with E-state index in [1.54, 1.807) is 19.1 Å². The maximum atomic E-state index is 12.5. The average molecular weight is 374 g/mol. The predicted molar refractivity (Wildman–Crippen MR) is 111 cm³/mol.